The number of aryl methyl sites for hydroxylation is 1. The molecule has 5 nitrogen and oxygen atoms in total. The predicted octanol–water partition coefficient (Wildman–Crippen LogP) is 5.76. The summed E-state index contributed by atoms with van der Waals surface area (Å²) in [6.07, 6.45) is 0. The lowest BCUT2D eigenvalue weighted by Gasteiger charge is -2.07. The summed E-state index contributed by atoms with van der Waals surface area (Å²) in [7, 11) is 0. The van der Waals surface area contributed by atoms with Gasteiger partial charge in [-0.1, -0.05) is 41.9 Å². The second-order valence-corrected chi connectivity index (χ2v) is 7.27. The van der Waals surface area contributed by atoms with Crippen molar-refractivity contribution in [3.63, 3.8) is 0 Å². The molecular formula is C23H17ClN4O. The van der Waals surface area contributed by atoms with Gasteiger partial charge in [-0.25, -0.2) is 4.98 Å². The normalized spacial score (nSPS) is 11.2. The minimum absolute atomic E-state index is 0.428. The van der Waals surface area contributed by atoms with Crippen molar-refractivity contribution >= 4 is 22.6 Å². The van der Waals surface area contributed by atoms with Gasteiger partial charge in [-0.2, -0.15) is 0 Å². The van der Waals surface area contributed by atoms with E-state index in [1.807, 2.05) is 79.7 Å². The molecule has 5 rings (SSSR count). The zero-order valence-corrected chi connectivity index (χ0v) is 16.5. The Morgan fingerprint density at radius 1 is 0.897 bits per heavy atom. The second kappa shape index (κ2) is 7.18. The van der Waals surface area contributed by atoms with E-state index < -0.39 is 0 Å². The van der Waals surface area contributed by atoms with Gasteiger partial charge in [0.25, 0.3) is 0 Å². The Hall–Kier alpha value is -3.44. The third-order valence-electron chi connectivity index (χ3n) is 4.89. The summed E-state index contributed by atoms with van der Waals surface area (Å²) < 4.78 is 8.08. The van der Waals surface area contributed by atoms with Crippen LogP contribution in [0.2, 0.25) is 5.02 Å². The maximum Gasteiger partial charge on any atom is 0.248 e. The first-order valence-electron chi connectivity index (χ1n) is 9.28. The van der Waals surface area contributed by atoms with E-state index in [-0.39, 0.29) is 0 Å². The lowest BCUT2D eigenvalue weighted by atomic mass is 10.1. The Labute approximate surface area is 172 Å². The van der Waals surface area contributed by atoms with Gasteiger partial charge in [0.1, 0.15) is 12.4 Å². The van der Waals surface area contributed by atoms with Crippen LogP contribution in [-0.2, 0) is 6.54 Å². The second-order valence-electron chi connectivity index (χ2n) is 6.83. The highest BCUT2D eigenvalue weighted by Gasteiger charge is 2.16. The number of aromatic nitrogens is 4. The number of hydrogen-bond acceptors (Lipinski definition) is 4. The molecule has 29 heavy (non-hydrogen) atoms. The first-order valence-corrected chi connectivity index (χ1v) is 9.66. The van der Waals surface area contributed by atoms with Gasteiger partial charge in [0.2, 0.25) is 11.8 Å². The summed E-state index contributed by atoms with van der Waals surface area (Å²) >= 11 is 6.06. The molecule has 6 heteroatoms. The molecule has 0 atom stereocenters. The van der Waals surface area contributed by atoms with Crippen molar-refractivity contribution < 1.29 is 4.42 Å². The molecule has 0 amide bonds. The van der Waals surface area contributed by atoms with Crippen LogP contribution in [-0.4, -0.2) is 19.7 Å². The van der Waals surface area contributed by atoms with Crippen molar-refractivity contribution in [2.75, 3.05) is 0 Å². The summed E-state index contributed by atoms with van der Waals surface area (Å²) in [5.41, 5.74) is 4.94. The quantitative estimate of drug-likeness (QED) is 0.384. The van der Waals surface area contributed by atoms with Crippen LogP contribution in [0, 0.1) is 6.92 Å². The van der Waals surface area contributed by atoms with Crippen LogP contribution in [0.4, 0.5) is 0 Å². The number of benzene rings is 3. The fourth-order valence-corrected chi connectivity index (χ4v) is 3.56. The van der Waals surface area contributed by atoms with Gasteiger partial charge in [0.05, 0.1) is 11.0 Å². The van der Waals surface area contributed by atoms with Gasteiger partial charge < -0.3 is 8.98 Å². The first kappa shape index (κ1) is 17.6. The van der Waals surface area contributed by atoms with Gasteiger partial charge in [-0.15, -0.1) is 10.2 Å². The topological polar surface area (TPSA) is 56.7 Å². The average Bonchev–Trinajstić information content (AvgIpc) is 3.35. The molecule has 142 valence electrons. The molecule has 2 heterocycles. The van der Waals surface area contributed by atoms with Gasteiger partial charge >= 0.3 is 0 Å². The van der Waals surface area contributed by atoms with E-state index >= 15 is 0 Å². The van der Waals surface area contributed by atoms with E-state index in [4.69, 9.17) is 21.0 Å². The van der Waals surface area contributed by atoms with Gasteiger partial charge in [0.15, 0.2) is 0 Å². The van der Waals surface area contributed by atoms with Crippen molar-refractivity contribution in [1.29, 1.82) is 0 Å². The number of rotatable bonds is 4. The highest BCUT2D eigenvalue weighted by molar-refractivity contribution is 6.30. The molecule has 0 saturated heterocycles. The van der Waals surface area contributed by atoms with Crippen LogP contribution in [0.15, 0.2) is 77.2 Å². The van der Waals surface area contributed by atoms with Crippen molar-refractivity contribution in [3.05, 3.63) is 89.3 Å². The van der Waals surface area contributed by atoms with Gasteiger partial charge in [-0.05, 0) is 55.0 Å². The Balaban J connectivity index is 1.58. The molecule has 5 aromatic rings. The Kier molecular flexibility index (Phi) is 4.37. The van der Waals surface area contributed by atoms with Gasteiger partial charge in [0, 0.05) is 16.1 Å². The molecule has 0 unspecified atom stereocenters. The number of imidazole rings is 1. The Bertz CT molecular complexity index is 1300. The molecule has 0 spiro atoms. The molecule has 0 N–H and O–H groups in total. The molecule has 0 radical (unpaired) electrons. The molecule has 0 saturated carbocycles. The highest BCUT2D eigenvalue weighted by atomic mass is 35.5. The lowest BCUT2D eigenvalue weighted by Crippen LogP contribution is -2.02. The summed E-state index contributed by atoms with van der Waals surface area (Å²) in [4.78, 5) is 4.82. The van der Waals surface area contributed by atoms with Crippen LogP contribution in [0.25, 0.3) is 33.9 Å². The fourth-order valence-electron chi connectivity index (χ4n) is 3.43. The standard InChI is InChI=1S/C23H17ClN4O/c1-15-6-2-3-7-18(15)23-27-26-21(29-23)14-28-20-9-5-4-8-19(20)25-22(28)16-10-12-17(24)13-11-16/h2-13H,14H2,1H3. The minimum Gasteiger partial charge on any atom is -0.419 e. The van der Waals surface area contributed by atoms with E-state index in [0.29, 0.717) is 23.3 Å². The molecule has 2 aromatic heterocycles. The van der Waals surface area contributed by atoms with Crippen LogP contribution >= 0.6 is 11.6 Å². The summed E-state index contributed by atoms with van der Waals surface area (Å²) in [5.74, 6) is 1.88. The zero-order valence-electron chi connectivity index (χ0n) is 15.7. The maximum absolute atomic E-state index is 6.06. The molecule has 3 aromatic carbocycles. The van der Waals surface area contributed by atoms with Crippen LogP contribution < -0.4 is 0 Å². The first-order chi connectivity index (χ1) is 14.2. The smallest absolute Gasteiger partial charge is 0.248 e. The van der Waals surface area contributed by atoms with E-state index in [1.165, 1.54) is 0 Å². The summed E-state index contributed by atoms with van der Waals surface area (Å²) in [6.45, 7) is 2.46. The van der Waals surface area contributed by atoms with Crippen LogP contribution in [0.3, 0.4) is 0 Å². The number of hydrogen-bond donors (Lipinski definition) is 0. The van der Waals surface area contributed by atoms with Crippen molar-refractivity contribution in [2.45, 2.75) is 13.5 Å². The predicted molar refractivity (Wildman–Crippen MR) is 114 cm³/mol. The summed E-state index contributed by atoms with van der Waals surface area (Å²) in [5, 5.41) is 9.22. The van der Waals surface area contributed by atoms with E-state index in [9.17, 15) is 0 Å². The van der Waals surface area contributed by atoms with Crippen molar-refractivity contribution in [1.82, 2.24) is 19.7 Å². The molecule has 0 aliphatic heterocycles. The minimum atomic E-state index is 0.428. The zero-order chi connectivity index (χ0) is 19.8. The average molecular weight is 401 g/mol. The maximum atomic E-state index is 6.06. The highest BCUT2D eigenvalue weighted by Crippen LogP contribution is 2.28. The monoisotopic (exact) mass is 400 g/mol. The number of para-hydroxylation sites is 2. The van der Waals surface area contributed by atoms with Crippen LogP contribution in [0.1, 0.15) is 11.5 Å². The molecule has 0 aliphatic carbocycles. The third-order valence-corrected chi connectivity index (χ3v) is 5.14. The van der Waals surface area contributed by atoms with Crippen molar-refractivity contribution in [3.8, 4) is 22.8 Å². The number of nitrogens with zero attached hydrogens (tertiary/aromatic N) is 4. The number of halogens is 1. The van der Waals surface area contributed by atoms with E-state index in [0.717, 1.165) is 33.5 Å². The van der Waals surface area contributed by atoms with Gasteiger partial charge in [-0.3, -0.25) is 0 Å². The molecule has 0 aliphatic rings. The summed E-state index contributed by atoms with van der Waals surface area (Å²) in [6, 6.07) is 23.7. The fraction of sp³-hybridized carbons (Fsp3) is 0.0870. The molecular weight excluding hydrogens is 384 g/mol. The SMILES string of the molecule is Cc1ccccc1-c1nnc(Cn2c(-c3ccc(Cl)cc3)nc3ccccc32)o1. The van der Waals surface area contributed by atoms with Crippen molar-refractivity contribution in [2.24, 2.45) is 0 Å². The lowest BCUT2D eigenvalue weighted by molar-refractivity contribution is 0.492. The van der Waals surface area contributed by atoms with E-state index in [2.05, 4.69) is 14.8 Å². The largest absolute Gasteiger partial charge is 0.419 e. The van der Waals surface area contributed by atoms with Crippen LogP contribution in [0.5, 0.6) is 0 Å². The molecule has 0 bridgehead atoms. The third kappa shape index (κ3) is 3.30. The Morgan fingerprint density at radius 2 is 1.66 bits per heavy atom. The number of fused-ring (bicyclic) bond motifs is 1. The van der Waals surface area contributed by atoms with E-state index in [1.54, 1.807) is 0 Å². The molecule has 0 fully saturated rings. The Morgan fingerprint density at radius 3 is 2.48 bits per heavy atom.